The van der Waals surface area contributed by atoms with Crippen molar-refractivity contribution in [2.45, 2.75) is 12.2 Å². The smallest absolute Gasteiger partial charge is 0.367 e. The number of fused-ring (bicyclic) bond motifs is 1. The highest BCUT2D eigenvalue weighted by Crippen LogP contribution is 2.30. The molecule has 1 unspecified atom stereocenters. The summed E-state index contributed by atoms with van der Waals surface area (Å²) in [6.45, 7) is 0.501. The molecule has 1 amide bonds. The normalized spacial score (nSPS) is 16.0. The Balaban J connectivity index is 1.55. The minimum Gasteiger partial charge on any atom is -0.367 e. The monoisotopic (exact) mass is 455 g/mol. The second kappa shape index (κ2) is 9.05. The number of halogens is 4. The minimum absolute atomic E-state index is 0.134. The van der Waals surface area contributed by atoms with E-state index >= 15 is 0 Å². The number of benzodiazepines with no additional fused rings is 1. The lowest BCUT2D eigenvalue weighted by Gasteiger charge is -2.28. The van der Waals surface area contributed by atoms with Gasteiger partial charge in [0.2, 0.25) is 0 Å². The molecule has 0 fully saturated rings. The van der Waals surface area contributed by atoms with Gasteiger partial charge in [0, 0.05) is 36.0 Å². The minimum atomic E-state index is -4.46. The molecule has 1 N–H and O–H groups in total. The van der Waals surface area contributed by atoms with Crippen LogP contribution in [0.25, 0.3) is 0 Å². The lowest BCUT2D eigenvalue weighted by atomic mass is 10.00. The van der Waals surface area contributed by atoms with E-state index in [1.54, 1.807) is 18.2 Å². The first-order valence-corrected chi connectivity index (χ1v) is 10.3. The number of nitrogens with one attached hydrogen (secondary N) is 1. The number of carbonyl (C=O) groups excluding carboxylic acids is 1. The standard InChI is InChI=1S/C25H21F4N3O/c1-32-18(15-31-24(33)16-10-12-17(13-11-16)25(27,28)29)14-30-23(19-6-2-4-8-21(19)26)20-7-3-5-9-22(20)32/h2-13,18H,14-15H2,1H3,(H,31,33). The average Bonchev–Trinajstić information content (AvgIpc) is 2.94. The number of benzene rings is 3. The van der Waals surface area contributed by atoms with Crippen LogP contribution in [0.2, 0.25) is 0 Å². The molecule has 1 aliphatic heterocycles. The molecular weight excluding hydrogens is 434 g/mol. The predicted molar refractivity (Wildman–Crippen MR) is 119 cm³/mol. The second-order valence-corrected chi connectivity index (χ2v) is 7.74. The van der Waals surface area contributed by atoms with Crippen LogP contribution in [0.4, 0.5) is 23.2 Å². The lowest BCUT2D eigenvalue weighted by molar-refractivity contribution is -0.137. The van der Waals surface area contributed by atoms with Gasteiger partial charge in [-0.15, -0.1) is 0 Å². The molecule has 1 atom stereocenters. The van der Waals surface area contributed by atoms with Gasteiger partial charge in [-0.3, -0.25) is 9.79 Å². The number of para-hydroxylation sites is 1. The molecular formula is C25H21F4N3O. The average molecular weight is 455 g/mol. The quantitative estimate of drug-likeness (QED) is 0.567. The summed E-state index contributed by atoms with van der Waals surface area (Å²) in [6, 6.07) is 17.8. The maximum Gasteiger partial charge on any atom is 0.416 e. The van der Waals surface area contributed by atoms with Crippen LogP contribution in [0.5, 0.6) is 0 Å². The Kier molecular flexibility index (Phi) is 6.18. The Morgan fingerprint density at radius 1 is 1.00 bits per heavy atom. The summed E-state index contributed by atoms with van der Waals surface area (Å²) in [4.78, 5) is 19.2. The van der Waals surface area contributed by atoms with E-state index in [0.717, 1.165) is 35.5 Å². The number of hydrogen-bond donors (Lipinski definition) is 1. The zero-order chi connectivity index (χ0) is 23.6. The van der Waals surface area contributed by atoms with Crippen LogP contribution >= 0.6 is 0 Å². The van der Waals surface area contributed by atoms with Crippen molar-refractivity contribution in [3.8, 4) is 0 Å². The van der Waals surface area contributed by atoms with Crippen LogP contribution < -0.4 is 10.2 Å². The fraction of sp³-hybridized carbons (Fsp3) is 0.200. The molecule has 4 rings (SSSR count). The molecule has 1 aliphatic rings. The van der Waals surface area contributed by atoms with Crippen molar-refractivity contribution in [2.75, 3.05) is 25.0 Å². The zero-order valence-corrected chi connectivity index (χ0v) is 17.7. The van der Waals surface area contributed by atoms with Crippen molar-refractivity contribution in [3.05, 3.63) is 101 Å². The largest absolute Gasteiger partial charge is 0.416 e. The van der Waals surface area contributed by atoms with Crippen LogP contribution in [0, 0.1) is 5.82 Å². The molecule has 3 aromatic carbocycles. The number of nitrogens with zero attached hydrogens (tertiary/aromatic N) is 2. The number of carbonyl (C=O) groups is 1. The summed E-state index contributed by atoms with van der Waals surface area (Å²) in [7, 11) is 1.87. The van der Waals surface area contributed by atoms with E-state index < -0.39 is 17.6 Å². The third kappa shape index (κ3) is 4.74. The maximum atomic E-state index is 14.5. The van der Waals surface area contributed by atoms with E-state index in [9.17, 15) is 22.4 Å². The summed E-state index contributed by atoms with van der Waals surface area (Å²) in [6.07, 6.45) is -4.46. The Hall–Kier alpha value is -3.68. The van der Waals surface area contributed by atoms with Crippen molar-refractivity contribution in [1.82, 2.24) is 5.32 Å². The predicted octanol–water partition coefficient (Wildman–Crippen LogP) is 4.93. The Labute approximate surface area is 188 Å². The van der Waals surface area contributed by atoms with Crippen LogP contribution in [0.1, 0.15) is 27.0 Å². The summed E-state index contributed by atoms with van der Waals surface area (Å²) in [5, 5.41) is 2.78. The zero-order valence-electron chi connectivity index (χ0n) is 17.7. The lowest BCUT2D eigenvalue weighted by Crippen LogP contribution is -2.43. The van der Waals surface area contributed by atoms with Crippen LogP contribution in [-0.4, -0.2) is 37.8 Å². The molecule has 0 aromatic heterocycles. The molecule has 1 heterocycles. The summed E-state index contributed by atoms with van der Waals surface area (Å²) in [5.74, 6) is -0.851. The molecule has 0 radical (unpaired) electrons. The van der Waals surface area contributed by atoms with Gasteiger partial charge in [0.1, 0.15) is 5.82 Å². The summed E-state index contributed by atoms with van der Waals surface area (Å²) in [5.41, 5.74) is 1.87. The van der Waals surface area contributed by atoms with E-state index in [-0.39, 0.29) is 24.0 Å². The van der Waals surface area contributed by atoms with E-state index in [0.29, 0.717) is 17.8 Å². The van der Waals surface area contributed by atoms with Crippen LogP contribution in [0.3, 0.4) is 0 Å². The number of rotatable bonds is 4. The van der Waals surface area contributed by atoms with Gasteiger partial charge in [-0.1, -0.05) is 30.3 Å². The third-order valence-corrected chi connectivity index (χ3v) is 5.65. The Bertz CT molecular complexity index is 1190. The SMILES string of the molecule is CN1c2ccccc2C(c2ccccc2F)=NCC1CNC(=O)c1ccc(C(F)(F)F)cc1. The highest BCUT2D eigenvalue weighted by Gasteiger charge is 2.30. The van der Waals surface area contributed by atoms with Gasteiger partial charge < -0.3 is 10.2 Å². The van der Waals surface area contributed by atoms with Crippen LogP contribution in [0.15, 0.2) is 77.8 Å². The van der Waals surface area contributed by atoms with Crippen molar-refractivity contribution >= 4 is 17.3 Å². The molecule has 170 valence electrons. The number of likely N-dealkylation sites (N-methyl/N-ethyl adjacent to an activating group) is 1. The fourth-order valence-electron chi connectivity index (χ4n) is 3.79. The number of alkyl halides is 3. The van der Waals surface area contributed by atoms with Gasteiger partial charge in [0.25, 0.3) is 5.91 Å². The molecule has 0 spiro atoms. The number of amides is 1. The molecule has 3 aromatic rings. The molecule has 0 aliphatic carbocycles. The van der Waals surface area contributed by atoms with Crippen molar-refractivity contribution in [1.29, 1.82) is 0 Å². The van der Waals surface area contributed by atoms with Crippen molar-refractivity contribution < 1.29 is 22.4 Å². The van der Waals surface area contributed by atoms with Crippen molar-refractivity contribution in [3.63, 3.8) is 0 Å². The van der Waals surface area contributed by atoms with Crippen molar-refractivity contribution in [2.24, 2.45) is 4.99 Å². The summed E-state index contributed by atoms with van der Waals surface area (Å²) < 4.78 is 52.8. The van der Waals surface area contributed by atoms with Gasteiger partial charge in [0.15, 0.2) is 0 Å². The van der Waals surface area contributed by atoms with Gasteiger partial charge in [-0.2, -0.15) is 13.2 Å². The molecule has 4 nitrogen and oxygen atoms in total. The van der Waals surface area contributed by atoms with E-state index in [2.05, 4.69) is 10.3 Å². The van der Waals surface area contributed by atoms with Gasteiger partial charge >= 0.3 is 6.18 Å². The Morgan fingerprint density at radius 2 is 1.64 bits per heavy atom. The fourth-order valence-corrected chi connectivity index (χ4v) is 3.79. The number of aliphatic imine (C=N–C) groups is 1. The van der Waals surface area contributed by atoms with E-state index in [4.69, 9.17) is 0 Å². The molecule has 8 heteroatoms. The van der Waals surface area contributed by atoms with Gasteiger partial charge in [-0.05, 0) is 42.5 Å². The Morgan fingerprint density at radius 3 is 2.30 bits per heavy atom. The summed E-state index contributed by atoms with van der Waals surface area (Å²) >= 11 is 0. The third-order valence-electron chi connectivity index (χ3n) is 5.65. The second-order valence-electron chi connectivity index (χ2n) is 7.74. The highest BCUT2D eigenvalue weighted by molar-refractivity contribution is 6.16. The number of hydrogen-bond acceptors (Lipinski definition) is 3. The van der Waals surface area contributed by atoms with Gasteiger partial charge in [0.05, 0.1) is 23.9 Å². The van der Waals surface area contributed by atoms with Crippen LogP contribution in [-0.2, 0) is 6.18 Å². The number of anilines is 1. The maximum absolute atomic E-state index is 14.5. The first kappa shape index (κ1) is 22.5. The first-order valence-electron chi connectivity index (χ1n) is 10.3. The molecule has 0 saturated heterocycles. The van der Waals surface area contributed by atoms with E-state index in [1.165, 1.54) is 6.07 Å². The highest BCUT2D eigenvalue weighted by atomic mass is 19.4. The van der Waals surface area contributed by atoms with Gasteiger partial charge in [-0.25, -0.2) is 4.39 Å². The molecule has 0 bridgehead atoms. The molecule has 0 saturated carbocycles. The topological polar surface area (TPSA) is 44.7 Å². The van der Waals surface area contributed by atoms with E-state index in [1.807, 2.05) is 36.2 Å². The molecule has 33 heavy (non-hydrogen) atoms. The first-order chi connectivity index (χ1) is 15.8.